The summed E-state index contributed by atoms with van der Waals surface area (Å²) in [5, 5.41) is 2.97. The van der Waals surface area contributed by atoms with E-state index in [2.05, 4.69) is 15.0 Å². The van der Waals surface area contributed by atoms with Crippen molar-refractivity contribution < 1.29 is 14.2 Å². The fraction of sp³-hybridized carbons (Fsp3) is 0.118. The highest BCUT2D eigenvalue weighted by molar-refractivity contribution is 6.04. The van der Waals surface area contributed by atoms with Gasteiger partial charge in [0.1, 0.15) is 17.2 Å². The van der Waals surface area contributed by atoms with Crippen molar-refractivity contribution in [2.75, 3.05) is 21.3 Å². The van der Waals surface area contributed by atoms with Gasteiger partial charge in [-0.25, -0.2) is 0 Å². The molecule has 9 nitrogen and oxygen atoms in total. The van der Waals surface area contributed by atoms with Crippen LogP contribution in [-0.4, -0.2) is 40.8 Å². The molecule has 43 heavy (non-hydrogen) atoms. The largest absolute Gasteiger partial charge is 0.497 e. The second-order valence-electron chi connectivity index (χ2n) is 9.79. The van der Waals surface area contributed by atoms with Gasteiger partial charge in [-0.05, 0) is 78.4 Å². The van der Waals surface area contributed by atoms with E-state index in [1.807, 2.05) is 66.7 Å². The van der Waals surface area contributed by atoms with E-state index < -0.39 is 0 Å². The lowest BCUT2D eigenvalue weighted by Crippen LogP contribution is -2.21. The molecule has 7 rings (SSSR count). The molecular weight excluding hydrogens is 544 g/mol. The van der Waals surface area contributed by atoms with E-state index in [1.54, 1.807) is 56.5 Å². The predicted octanol–water partition coefficient (Wildman–Crippen LogP) is 5.70. The SMILES string of the molecule is COc1ccc(Cn2c(=O)c3cccnc3c3cc(OC)ccc32)cc1.COc1ccc2[nH]c(=O)c3cccnc3c2c1. The van der Waals surface area contributed by atoms with Crippen LogP contribution in [0.2, 0.25) is 0 Å². The maximum atomic E-state index is 13.1. The Morgan fingerprint density at radius 1 is 0.651 bits per heavy atom. The minimum atomic E-state index is -0.120. The lowest BCUT2D eigenvalue weighted by atomic mass is 10.1. The summed E-state index contributed by atoms with van der Waals surface area (Å²) in [5.41, 5.74) is 3.84. The number of ether oxygens (including phenoxy) is 3. The summed E-state index contributed by atoms with van der Waals surface area (Å²) in [6, 6.07) is 26.1. The van der Waals surface area contributed by atoms with Crippen LogP contribution in [-0.2, 0) is 6.54 Å². The first-order valence-corrected chi connectivity index (χ1v) is 13.5. The van der Waals surface area contributed by atoms with Gasteiger partial charge in [0.25, 0.3) is 11.1 Å². The van der Waals surface area contributed by atoms with E-state index in [9.17, 15) is 9.59 Å². The van der Waals surface area contributed by atoms with E-state index >= 15 is 0 Å². The molecule has 4 heterocycles. The molecule has 0 aliphatic heterocycles. The lowest BCUT2D eigenvalue weighted by Gasteiger charge is -2.14. The topological polar surface area (TPSA) is 108 Å². The summed E-state index contributed by atoms with van der Waals surface area (Å²) in [6.07, 6.45) is 3.38. The molecule has 0 radical (unpaired) electrons. The zero-order valence-corrected chi connectivity index (χ0v) is 23.8. The summed E-state index contributed by atoms with van der Waals surface area (Å²) in [7, 11) is 4.88. The van der Waals surface area contributed by atoms with Gasteiger partial charge >= 0.3 is 0 Å². The van der Waals surface area contributed by atoms with E-state index in [-0.39, 0.29) is 11.1 Å². The van der Waals surface area contributed by atoms with Gasteiger partial charge in [0.2, 0.25) is 0 Å². The van der Waals surface area contributed by atoms with Gasteiger partial charge in [-0.1, -0.05) is 12.1 Å². The first kappa shape index (κ1) is 27.5. The molecule has 0 saturated carbocycles. The molecule has 0 atom stereocenters. The van der Waals surface area contributed by atoms with Crippen molar-refractivity contribution in [2.45, 2.75) is 6.54 Å². The Balaban J connectivity index is 0.000000167. The third-order valence-electron chi connectivity index (χ3n) is 7.32. The number of aromatic nitrogens is 4. The number of hydrogen-bond acceptors (Lipinski definition) is 7. The van der Waals surface area contributed by atoms with Gasteiger partial charge in [-0.3, -0.25) is 19.6 Å². The molecule has 4 aromatic heterocycles. The normalized spacial score (nSPS) is 11.0. The van der Waals surface area contributed by atoms with Gasteiger partial charge in [-0.2, -0.15) is 0 Å². The molecule has 0 amide bonds. The molecule has 1 N–H and O–H groups in total. The second-order valence-corrected chi connectivity index (χ2v) is 9.79. The van der Waals surface area contributed by atoms with E-state index in [1.165, 1.54) is 0 Å². The molecule has 0 spiro atoms. The maximum Gasteiger partial charge on any atom is 0.260 e. The third-order valence-corrected chi connectivity index (χ3v) is 7.32. The predicted molar refractivity (Wildman–Crippen MR) is 169 cm³/mol. The number of nitrogens with one attached hydrogen (secondary N) is 1. The Hall–Kier alpha value is -5.70. The van der Waals surface area contributed by atoms with Crippen molar-refractivity contribution in [2.24, 2.45) is 0 Å². The smallest absolute Gasteiger partial charge is 0.260 e. The van der Waals surface area contributed by atoms with Crippen molar-refractivity contribution >= 4 is 43.6 Å². The van der Waals surface area contributed by atoms with E-state index in [0.29, 0.717) is 28.4 Å². The number of H-pyrrole nitrogens is 1. The van der Waals surface area contributed by atoms with Crippen molar-refractivity contribution in [3.63, 3.8) is 0 Å². The van der Waals surface area contributed by atoms with Crippen LogP contribution in [0.5, 0.6) is 17.2 Å². The molecule has 0 unspecified atom stereocenters. The van der Waals surface area contributed by atoms with Crippen molar-refractivity contribution in [3.8, 4) is 17.2 Å². The van der Waals surface area contributed by atoms with E-state index in [0.717, 1.165) is 44.6 Å². The molecule has 0 saturated heterocycles. The summed E-state index contributed by atoms with van der Waals surface area (Å²) < 4.78 is 17.5. The van der Waals surface area contributed by atoms with Crippen LogP contribution < -0.4 is 25.3 Å². The number of benzene rings is 3. The summed E-state index contributed by atoms with van der Waals surface area (Å²) in [5.74, 6) is 2.27. The average Bonchev–Trinajstić information content (AvgIpc) is 3.07. The van der Waals surface area contributed by atoms with Crippen LogP contribution >= 0.6 is 0 Å². The zero-order chi connectivity index (χ0) is 29.9. The minimum Gasteiger partial charge on any atom is -0.497 e. The quantitative estimate of drug-likeness (QED) is 0.264. The first-order chi connectivity index (χ1) is 21.0. The third kappa shape index (κ3) is 5.24. The van der Waals surface area contributed by atoms with Crippen LogP contribution in [0.4, 0.5) is 0 Å². The number of fused-ring (bicyclic) bond motifs is 6. The molecule has 214 valence electrons. The van der Waals surface area contributed by atoms with Crippen LogP contribution in [0.25, 0.3) is 43.6 Å². The molecule has 3 aromatic carbocycles. The minimum absolute atomic E-state index is 0.0541. The summed E-state index contributed by atoms with van der Waals surface area (Å²) in [6.45, 7) is 0.469. The first-order valence-electron chi connectivity index (χ1n) is 13.5. The van der Waals surface area contributed by atoms with Gasteiger partial charge in [0.05, 0.1) is 60.7 Å². The number of rotatable bonds is 5. The van der Waals surface area contributed by atoms with Gasteiger partial charge in [0.15, 0.2) is 0 Å². The van der Waals surface area contributed by atoms with Crippen molar-refractivity contribution in [1.29, 1.82) is 0 Å². The lowest BCUT2D eigenvalue weighted by molar-refractivity contribution is 0.414. The van der Waals surface area contributed by atoms with Crippen LogP contribution in [0.1, 0.15) is 5.56 Å². The van der Waals surface area contributed by atoms with Crippen LogP contribution in [0, 0.1) is 0 Å². The zero-order valence-electron chi connectivity index (χ0n) is 23.8. The molecule has 0 bridgehead atoms. The molecule has 0 aliphatic carbocycles. The number of methoxy groups -OCH3 is 3. The highest BCUT2D eigenvalue weighted by Crippen LogP contribution is 2.26. The number of aromatic amines is 1. The fourth-order valence-corrected chi connectivity index (χ4v) is 5.13. The second kappa shape index (κ2) is 11.7. The molecule has 7 aromatic rings. The van der Waals surface area contributed by atoms with Gasteiger partial charge < -0.3 is 23.8 Å². The Bertz CT molecular complexity index is 2220. The molecule has 0 fully saturated rings. The average molecular weight is 573 g/mol. The number of pyridine rings is 4. The Labute approximate surface area is 245 Å². The summed E-state index contributed by atoms with van der Waals surface area (Å²) in [4.78, 5) is 36.4. The van der Waals surface area contributed by atoms with Crippen LogP contribution in [0.15, 0.2) is 107 Å². The van der Waals surface area contributed by atoms with Crippen LogP contribution in [0.3, 0.4) is 0 Å². The van der Waals surface area contributed by atoms with Crippen molar-refractivity contribution in [3.05, 3.63) is 124 Å². The van der Waals surface area contributed by atoms with Gasteiger partial charge in [0, 0.05) is 23.2 Å². The number of nitrogens with zero attached hydrogens (tertiary/aromatic N) is 3. The highest BCUT2D eigenvalue weighted by atomic mass is 16.5. The maximum absolute atomic E-state index is 13.1. The standard InChI is InChI=1S/C21H18N2O3.C13H10N2O2/c1-25-15-7-5-14(6-8-15)13-23-19-10-9-16(26-2)12-18(19)20-17(21(23)24)4-3-11-22-20;1-17-8-4-5-11-10(7-8)12-9(13(16)15-11)3-2-6-14-12/h3-12H,13H2,1-2H3;2-7H,1H3,(H,15,16). The Morgan fingerprint density at radius 2 is 1.23 bits per heavy atom. The molecular formula is C34H28N4O5. The Kier molecular flexibility index (Phi) is 7.44. The van der Waals surface area contributed by atoms with Gasteiger partial charge in [-0.15, -0.1) is 0 Å². The Morgan fingerprint density at radius 3 is 1.91 bits per heavy atom. The van der Waals surface area contributed by atoms with Crippen molar-refractivity contribution in [1.82, 2.24) is 19.5 Å². The number of hydrogen-bond donors (Lipinski definition) is 1. The molecule has 0 aliphatic rings. The molecule has 9 heteroatoms. The highest BCUT2D eigenvalue weighted by Gasteiger charge is 2.13. The van der Waals surface area contributed by atoms with E-state index in [4.69, 9.17) is 14.2 Å². The fourth-order valence-electron chi connectivity index (χ4n) is 5.13. The monoisotopic (exact) mass is 572 g/mol. The summed E-state index contributed by atoms with van der Waals surface area (Å²) >= 11 is 0.